The van der Waals surface area contributed by atoms with Gasteiger partial charge in [0.15, 0.2) is 0 Å². The van der Waals surface area contributed by atoms with Crippen molar-refractivity contribution < 1.29 is 13.5 Å². The fourth-order valence-electron chi connectivity index (χ4n) is 3.37. The summed E-state index contributed by atoms with van der Waals surface area (Å²) in [5.41, 5.74) is 0.549. The zero-order chi connectivity index (χ0) is 17.7. The maximum atomic E-state index is 14.5. The minimum absolute atomic E-state index is 0. The van der Waals surface area contributed by atoms with Crippen LogP contribution in [0.5, 0.6) is 5.88 Å². The first-order valence-electron chi connectivity index (χ1n) is 8.92. The second-order valence-electron chi connectivity index (χ2n) is 6.68. The van der Waals surface area contributed by atoms with Gasteiger partial charge in [-0.15, -0.1) is 12.4 Å². The summed E-state index contributed by atoms with van der Waals surface area (Å²) in [5.74, 6) is 0.605. The summed E-state index contributed by atoms with van der Waals surface area (Å²) >= 11 is 0. The van der Waals surface area contributed by atoms with E-state index in [-0.39, 0.29) is 23.9 Å². The Labute approximate surface area is 159 Å². The number of aromatic nitrogens is 2. The average Bonchev–Trinajstić information content (AvgIpc) is 2.97. The van der Waals surface area contributed by atoms with Gasteiger partial charge in [-0.25, -0.2) is 4.68 Å². The van der Waals surface area contributed by atoms with E-state index >= 15 is 0 Å². The third-order valence-electron chi connectivity index (χ3n) is 4.65. The molecule has 0 amide bonds. The average molecular weight is 386 g/mol. The van der Waals surface area contributed by atoms with E-state index in [1.807, 2.05) is 0 Å². The van der Waals surface area contributed by atoms with Crippen LogP contribution in [0, 0.1) is 5.92 Å². The van der Waals surface area contributed by atoms with Gasteiger partial charge in [0, 0.05) is 19.2 Å². The standard InChI is InChI=1S/C19H25F2N3O.ClH/c1-22-13-17-12-18(24(23-17)14-15-8-4-2-5-9-15)25-19(20,21)16-10-6-3-7-11-16;/h3,6-7,10-12,15,22H,2,4-5,8-9,13-14H2,1H3;1H. The monoisotopic (exact) mass is 385 g/mol. The lowest BCUT2D eigenvalue weighted by Crippen LogP contribution is -2.24. The molecule has 0 radical (unpaired) electrons. The zero-order valence-corrected chi connectivity index (χ0v) is 15.8. The van der Waals surface area contributed by atoms with E-state index in [1.54, 1.807) is 36.0 Å². The van der Waals surface area contributed by atoms with Crippen molar-refractivity contribution >= 4 is 12.4 Å². The molecule has 1 saturated carbocycles. The summed E-state index contributed by atoms with van der Waals surface area (Å²) in [6.45, 7) is 1.15. The smallest absolute Gasteiger partial charge is 0.411 e. The molecular weight excluding hydrogens is 360 g/mol. The molecule has 0 bridgehead atoms. The van der Waals surface area contributed by atoms with Crippen LogP contribution in [0.25, 0.3) is 0 Å². The topological polar surface area (TPSA) is 39.1 Å². The molecule has 1 aliphatic rings. The maximum Gasteiger partial charge on any atom is 0.427 e. The van der Waals surface area contributed by atoms with Crippen LogP contribution in [0.3, 0.4) is 0 Å². The summed E-state index contributed by atoms with van der Waals surface area (Å²) in [7, 11) is 1.80. The molecule has 1 aromatic carbocycles. The Balaban J connectivity index is 0.00000243. The molecule has 1 aliphatic carbocycles. The van der Waals surface area contributed by atoms with Crippen molar-refractivity contribution in [2.24, 2.45) is 5.92 Å². The van der Waals surface area contributed by atoms with Crippen molar-refractivity contribution in [3.8, 4) is 5.88 Å². The quantitative estimate of drug-likeness (QED) is 0.748. The Hall–Kier alpha value is -1.66. The van der Waals surface area contributed by atoms with Crippen molar-refractivity contribution in [1.82, 2.24) is 15.1 Å². The van der Waals surface area contributed by atoms with Crippen LogP contribution < -0.4 is 10.1 Å². The molecule has 2 aromatic rings. The third-order valence-corrected chi connectivity index (χ3v) is 4.65. The predicted octanol–water partition coefficient (Wildman–Crippen LogP) is 4.73. The number of hydrogen-bond acceptors (Lipinski definition) is 3. The first-order chi connectivity index (χ1) is 12.1. The van der Waals surface area contributed by atoms with Crippen molar-refractivity contribution in [3.63, 3.8) is 0 Å². The Morgan fingerprint density at radius 2 is 1.88 bits per heavy atom. The van der Waals surface area contributed by atoms with Crippen molar-refractivity contribution in [2.45, 2.75) is 51.3 Å². The van der Waals surface area contributed by atoms with Gasteiger partial charge in [0.2, 0.25) is 5.88 Å². The zero-order valence-electron chi connectivity index (χ0n) is 15.0. The molecule has 1 heterocycles. The van der Waals surface area contributed by atoms with Gasteiger partial charge in [0.1, 0.15) is 0 Å². The lowest BCUT2D eigenvalue weighted by molar-refractivity contribution is -0.189. The lowest BCUT2D eigenvalue weighted by Gasteiger charge is -2.23. The van der Waals surface area contributed by atoms with Crippen molar-refractivity contribution in [1.29, 1.82) is 0 Å². The van der Waals surface area contributed by atoms with Crippen LogP contribution in [-0.2, 0) is 19.2 Å². The number of alkyl halides is 2. The molecule has 7 heteroatoms. The van der Waals surface area contributed by atoms with Crippen molar-refractivity contribution in [3.05, 3.63) is 47.7 Å². The molecule has 26 heavy (non-hydrogen) atoms. The van der Waals surface area contributed by atoms with E-state index < -0.39 is 6.11 Å². The Morgan fingerprint density at radius 1 is 1.19 bits per heavy atom. The van der Waals surface area contributed by atoms with Gasteiger partial charge in [-0.3, -0.25) is 0 Å². The number of nitrogens with one attached hydrogen (secondary N) is 1. The molecule has 1 aromatic heterocycles. The van der Waals surface area contributed by atoms with Gasteiger partial charge in [-0.05, 0) is 37.9 Å². The van der Waals surface area contributed by atoms with Crippen molar-refractivity contribution in [2.75, 3.05) is 7.05 Å². The van der Waals surface area contributed by atoms with Crippen LogP contribution >= 0.6 is 12.4 Å². The van der Waals surface area contributed by atoms with Gasteiger partial charge in [-0.1, -0.05) is 37.5 Å². The van der Waals surface area contributed by atoms with Gasteiger partial charge in [0.25, 0.3) is 0 Å². The Morgan fingerprint density at radius 3 is 2.54 bits per heavy atom. The van der Waals surface area contributed by atoms with E-state index in [4.69, 9.17) is 4.74 Å². The molecule has 0 spiro atoms. The predicted molar refractivity (Wildman–Crippen MR) is 99.8 cm³/mol. The summed E-state index contributed by atoms with van der Waals surface area (Å²) in [6.07, 6.45) is 2.52. The van der Waals surface area contributed by atoms with E-state index in [0.717, 1.165) is 12.8 Å². The summed E-state index contributed by atoms with van der Waals surface area (Å²) in [5, 5.41) is 7.47. The molecule has 1 fully saturated rings. The molecule has 3 rings (SSSR count). The van der Waals surface area contributed by atoms with E-state index in [9.17, 15) is 8.78 Å². The van der Waals surface area contributed by atoms with Crippen LogP contribution in [0.15, 0.2) is 36.4 Å². The minimum Gasteiger partial charge on any atom is -0.411 e. The second-order valence-corrected chi connectivity index (χ2v) is 6.68. The summed E-state index contributed by atoms with van der Waals surface area (Å²) < 4.78 is 35.8. The molecule has 4 nitrogen and oxygen atoms in total. The Kier molecular flexibility index (Phi) is 7.41. The maximum absolute atomic E-state index is 14.5. The highest BCUT2D eigenvalue weighted by molar-refractivity contribution is 5.85. The van der Waals surface area contributed by atoms with E-state index in [0.29, 0.717) is 24.7 Å². The van der Waals surface area contributed by atoms with Gasteiger partial charge in [-0.2, -0.15) is 13.9 Å². The fraction of sp³-hybridized carbons (Fsp3) is 0.526. The second kappa shape index (κ2) is 9.33. The number of benzene rings is 1. The third kappa shape index (κ3) is 5.17. The minimum atomic E-state index is -3.39. The van der Waals surface area contributed by atoms with Gasteiger partial charge in [0.05, 0.1) is 11.3 Å². The van der Waals surface area contributed by atoms with Gasteiger partial charge < -0.3 is 10.1 Å². The fourth-order valence-corrected chi connectivity index (χ4v) is 3.37. The Bertz CT molecular complexity index is 673. The molecular formula is C19H26ClF2N3O. The van der Waals surface area contributed by atoms with E-state index in [2.05, 4.69) is 10.4 Å². The molecule has 0 unspecified atom stereocenters. The van der Waals surface area contributed by atoms with Crippen LogP contribution in [0.1, 0.15) is 43.4 Å². The summed E-state index contributed by atoms with van der Waals surface area (Å²) in [4.78, 5) is 0. The largest absolute Gasteiger partial charge is 0.427 e. The number of hydrogen-bond donors (Lipinski definition) is 1. The van der Waals surface area contributed by atoms with Crippen LogP contribution in [0.4, 0.5) is 8.78 Å². The number of halogens is 3. The number of ether oxygens (including phenoxy) is 1. The summed E-state index contributed by atoms with van der Waals surface area (Å²) in [6, 6.07) is 9.22. The molecule has 1 N–H and O–H groups in total. The van der Waals surface area contributed by atoms with Crippen LogP contribution in [-0.4, -0.2) is 16.8 Å². The normalized spacial score (nSPS) is 15.5. The number of rotatable bonds is 7. The first kappa shape index (κ1) is 20.6. The number of nitrogens with zero attached hydrogens (tertiary/aromatic N) is 2. The lowest BCUT2D eigenvalue weighted by atomic mass is 9.89. The van der Waals surface area contributed by atoms with Crippen LogP contribution in [0.2, 0.25) is 0 Å². The molecule has 0 aliphatic heterocycles. The molecule has 0 saturated heterocycles. The highest BCUT2D eigenvalue weighted by Gasteiger charge is 2.36. The first-order valence-corrected chi connectivity index (χ1v) is 8.92. The van der Waals surface area contributed by atoms with E-state index in [1.165, 1.54) is 31.4 Å². The molecule has 0 atom stereocenters. The SMILES string of the molecule is CNCc1cc(OC(F)(F)c2ccccc2)n(CC2CCCCC2)n1.Cl. The highest BCUT2D eigenvalue weighted by atomic mass is 35.5. The van der Waals surface area contributed by atoms with Gasteiger partial charge >= 0.3 is 6.11 Å². The highest BCUT2D eigenvalue weighted by Crippen LogP contribution is 2.33. The molecule has 144 valence electrons.